The van der Waals surface area contributed by atoms with Crippen LogP contribution in [-0.2, 0) is 0 Å². The molecule has 0 unspecified atom stereocenters. The van der Waals surface area contributed by atoms with E-state index in [9.17, 15) is 0 Å². The summed E-state index contributed by atoms with van der Waals surface area (Å²) in [4.78, 5) is 8.33. The molecule has 16 heavy (non-hydrogen) atoms. The maximum Gasteiger partial charge on any atom is 1.00 e. The van der Waals surface area contributed by atoms with E-state index in [2.05, 4.69) is 0 Å². The van der Waals surface area contributed by atoms with Crippen molar-refractivity contribution in [3.05, 3.63) is 0 Å². The fourth-order valence-corrected chi connectivity index (χ4v) is 0. The predicted molar refractivity (Wildman–Crippen MR) is 41.5 cm³/mol. The molecule has 0 rings (SSSR count). The van der Waals surface area contributed by atoms with Crippen molar-refractivity contribution in [2.45, 2.75) is 0 Å². The number of carbonyl (C=O) groups is 1. The average molecular weight is 506 g/mol. The summed E-state index contributed by atoms with van der Waals surface area (Å²) in [5.74, 6) is 0. The van der Waals surface area contributed by atoms with Gasteiger partial charge in [-0.1, -0.05) is 0 Å². The topological polar surface area (TPSA) is 378 Å². The smallest absolute Gasteiger partial charge is 0.652 e. The molecular formula is CH20Cs2O13. The monoisotopic (exact) mass is 506 g/mol. The summed E-state index contributed by atoms with van der Waals surface area (Å²) in [5, 5.41) is 16.7. The van der Waals surface area contributed by atoms with Crippen molar-refractivity contribution in [1.29, 1.82) is 0 Å². The summed E-state index contributed by atoms with van der Waals surface area (Å²) in [7, 11) is 0. The summed E-state index contributed by atoms with van der Waals surface area (Å²) in [6.45, 7) is 0. The molecule has 0 heterocycles. The normalized spacial score (nSPS) is 1.50. The molecule has 15 heteroatoms. The summed E-state index contributed by atoms with van der Waals surface area (Å²) >= 11 is 0. The summed E-state index contributed by atoms with van der Waals surface area (Å²) < 4.78 is 0. The van der Waals surface area contributed by atoms with Crippen LogP contribution in [0.5, 0.6) is 0 Å². The van der Waals surface area contributed by atoms with Crippen LogP contribution in [0.4, 0.5) is 4.79 Å². The summed E-state index contributed by atoms with van der Waals surface area (Å²) in [6, 6.07) is 0. The van der Waals surface area contributed by atoms with Crippen molar-refractivity contribution in [1.82, 2.24) is 0 Å². The van der Waals surface area contributed by atoms with Gasteiger partial charge in [-0.2, -0.15) is 0 Å². The van der Waals surface area contributed by atoms with Crippen LogP contribution in [0.25, 0.3) is 0 Å². The first-order chi connectivity index (χ1) is 1.73. The van der Waals surface area contributed by atoms with Gasteiger partial charge in [0.2, 0.25) is 0 Å². The molecule has 0 aliphatic heterocycles. The minimum Gasteiger partial charge on any atom is -0.652 e. The molecule has 0 fully saturated rings. The Morgan fingerprint density at radius 2 is 0.500 bits per heavy atom. The molecule has 0 amide bonds. The van der Waals surface area contributed by atoms with E-state index in [1.165, 1.54) is 0 Å². The fourth-order valence-electron chi connectivity index (χ4n) is 0. The Balaban J connectivity index is -0.000000000682. The van der Waals surface area contributed by atoms with Gasteiger partial charge in [0.1, 0.15) is 0 Å². The van der Waals surface area contributed by atoms with Crippen molar-refractivity contribution in [3.8, 4) is 0 Å². The van der Waals surface area contributed by atoms with Crippen LogP contribution in [0.1, 0.15) is 0 Å². The Kier molecular flexibility index (Phi) is 1560. The van der Waals surface area contributed by atoms with Gasteiger partial charge in [-0.05, 0) is 6.16 Å². The second-order valence-corrected chi connectivity index (χ2v) is 0.250. The van der Waals surface area contributed by atoms with Gasteiger partial charge in [-0.3, -0.25) is 0 Å². The molecule has 0 aliphatic carbocycles. The first kappa shape index (κ1) is 172. The fraction of sp³-hybridized carbons (Fsp3) is 0. The molecule has 104 valence electrons. The Labute approximate surface area is 208 Å². The largest absolute Gasteiger partial charge is 1.00 e. The maximum absolute atomic E-state index is 8.33. The van der Waals surface area contributed by atoms with Gasteiger partial charge in [-0.15, -0.1) is 0 Å². The Bertz CT molecular complexity index is 36.9. The molecule has 0 bridgehead atoms. The molecular weight excluding hydrogens is 486 g/mol. The van der Waals surface area contributed by atoms with Crippen LogP contribution >= 0.6 is 0 Å². The van der Waals surface area contributed by atoms with Crippen LogP contribution < -0.4 is 148 Å². The number of carboxylic acid groups (broad SMARTS) is 2. The zero-order valence-corrected chi connectivity index (χ0v) is 21.3. The van der Waals surface area contributed by atoms with Crippen molar-refractivity contribution in [2.24, 2.45) is 0 Å². The third kappa shape index (κ3) is 490. The number of hydrogen-bond donors (Lipinski definition) is 0. The van der Waals surface area contributed by atoms with Crippen molar-refractivity contribution in [3.63, 3.8) is 0 Å². The van der Waals surface area contributed by atoms with E-state index in [4.69, 9.17) is 15.0 Å². The van der Waals surface area contributed by atoms with Crippen molar-refractivity contribution in [2.75, 3.05) is 0 Å². The van der Waals surface area contributed by atoms with Crippen LogP contribution in [-0.4, -0.2) is 60.9 Å². The van der Waals surface area contributed by atoms with E-state index >= 15 is 0 Å². The number of rotatable bonds is 0. The van der Waals surface area contributed by atoms with E-state index in [1.807, 2.05) is 0 Å². The minimum atomic E-state index is -2.33. The van der Waals surface area contributed by atoms with E-state index in [0.717, 1.165) is 0 Å². The third-order valence-electron chi connectivity index (χ3n) is 0. The number of carbonyl (C=O) groups excluding carboxylic acids is 1. The Morgan fingerprint density at radius 1 is 0.500 bits per heavy atom. The van der Waals surface area contributed by atoms with Crippen molar-refractivity contribution < 1.29 is 208 Å². The first-order valence-electron chi connectivity index (χ1n) is 0.612. The Morgan fingerprint density at radius 3 is 0.500 bits per heavy atom. The minimum absolute atomic E-state index is 0. The van der Waals surface area contributed by atoms with E-state index < -0.39 is 6.16 Å². The zero-order chi connectivity index (χ0) is 3.58. The van der Waals surface area contributed by atoms with Gasteiger partial charge in [0.05, 0.1) is 0 Å². The molecule has 0 aromatic heterocycles. The van der Waals surface area contributed by atoms with Crippen molar-refractivity contribution >= 4 is 6.16 Å². The van der Waals surface area contributed by atoms with E-state index in [0.29, 0.717) is 0 Å². The molecule has 20 N–H and O–H groups in total. The molecule has 0 spiro atoms. The molecule has 0 aromatic rings. The average Bonchev–Trinajstić information content (AvgIpc) is 0.811. The molecule has 0 saturated carbocycles. The first-order valence-corrected chi connectivity index (χ1v) is 0.612. The third-order valence-corrected chi connectivity index (χ3v) is 0. The van der Waals surface area contributed by atoms with Gasteiger partial charge in [0, 0.05) is 0 Å². The second kappa shape index (κ2) is 145. The Hall–Kier alpha value is 2.97. The molecule has 13 nitrogen and oxygen atoms in total. The standard InChI is InChI=1S/CH2O3.2Cs.10H2O/c2-1(3)4;;;;;;;;;;;;/h(H2,2,3,4);;;10*1H2/q;2*+1;;;;;;;;;;/p-2. The van der Waals surface area contributed by atoms with Gasteiger partial charge < -0.3 is 69.8 Å². The zero-order valence-electron chi connectivity index (χ0n) is 8.72. The number of hydrogen-bond acceptors (Lipinski definition) is 3. The molecule has 0 radical (unpaired) electrons. The summed E-state index contributed by atoms with van der Waals surface area (Å²) in [6.07, 6.45) is -2.33. The SMILES string of the molecule is O.O.O.O.O.O.O.O.O.O.O=C([O-])[O-].[Cs+].[Cs+]. The molecule has 0 atom stereocenters. The summed E-state index contributed by atoms with van der Waals surface area (Å²) in [5.41, 5.74) is 0. The van der Waals surface area contributed by atoms with Crippen LogP contribution in [0.2, 0.25) is 0 Å². The van der Waals surface area contributed by atoms with Crippen LogP contribution in [0, 0.1) is 0 Å². The molecule has 0 aromatic carbocycles. The van der Waals surface area contributed by atoms with Gasteiger partial charge in [0.25, 0.3) is 0 Å². The molecule has 0 saturated heterocycles. The second-order valence-electron chi connectivity index (χ2n) is 0.250. The predicted octanol–water partition coefficient (Wildman–Crippen LogP) is -16.7. The van der Waals surface area contributed by atoms with Gasteiger partial charge >= 0.3 is 138 Å². The van der Waals surface area contributed by atoms with E-state index in [1.54, 1.807) is 0 Å². The molecule has 0 aliphatic rings. The maximum atomic E-state index is 8.33. The quantitative estimate of drug-likeness (QED) is 0.309. The van der Waals surface area contributed by atoms with E-state index in [-0.39, 0.29) is 193 Å². The van der Waals surface area contributed by atoms with Crippen LogP contribution in [0.3, 0.4) is 0 Å². The van der Waals surface area contributed by atoms with Gasteiger partial charge in [-0.25, -0.2) is 0 Å². The van der Waals surface area contributed by atoms with Gasteiger partial charge in [0.15, 0.2) is 0 Å². The van der Waals surface area contributed by atoms with Crippen LogP contribution in [0.15, 0.2) is 0 Å².